The van der Waals surface area contributed by atoms with Crippen LogP contribution in [-0.4, -0.2) is 17.5 Å². The summed E-state index contributed by atoms with van der Waals surface area (Å²) in [5.74, 6) is 0. The van der Waals surface area contributed by atoms with Crippen molar-refractivity contribution in [2.45, 2.75) is 89.6 Å². The van der Waals surface area contributed by atoms with Gasteiger partial charge in [0.25, 0.3) is 0 Å². The Morgan fingerprint density at radius 3 is 2.06 bits per heavy atom. The van der Waals surface area contributed by atoms with E-state index in [2.05, 4.69) is 49.1 Å². The number of hydrogen-bond acceptors (Lipinski definition) is 2. The molecule has 172 valence electrons. The molecule has 2 saturated carbocycles. The van der Waals surface area contributed by atoms with Crippen molar-refractivity contribution in [2.24, 2.45) is 0 Å². The Morgan fingerprint density at radius 2 is 1.53 bits per heavy atom. The third-order valence-electron chi connectivity index (χ3n) is 6.82. The first-order valence-corrected chi connectivity index (χ1v) is 12.0. The summed E-state index contributed by atoms with van der Waals surface area (Å²) >= 11 is 0. The van der Waals surface area contributed by atoms with Crippen molar-refractivity contribution in [3.05, 3.63) is 70.8 Å². The average molecular weight is 439 g/mol. The molecule has 4 rings (SSSR count). The first-order valence-electron chi connectivity index (χ1n) is 12.0. The zero-order chi connectivity index (χ0) is 23.2. The molecule has 0 saturated heterocycles. The Morgan fingerprint density at radius 1 is 0.938 bits per heavy atom. The molecule has 2 fully saturated rings. The van der Waals surface area contributed by atoms with Crippen molar-refractivity contribution in [2.75, 3.05) is 6.54 Å². The zero-order valence-corrected chi connectivity index (χ0v) is 19.7. The smallest absolute Gasteiger partial charge is 0.136 e. The van der Waals surface area contributed by atoms with Crippen LogP contribution in [0.15, 0.2) is 48.5 Å². The summed E-state index contributed by atoms with van der Waals surface area (Å²) in [4.78, 5) is 2.53. The van der Waals surface area contributed by atoms with Gasteiger partial charge in [0.1, 0.15) is 11.3 Å². The molecule has 0 heterocycles. The van der Waals surface area contributed by atoms with Crippen LogP contribution in [0.4, 0.5) is 8.78 Å². The fourth-order valence-corrected chi connectivity index (χ4v) is 4.56. The lowest BCUT2D eigenvalue weighted by molar-refractivity contribution is 0.182. The molecule has 0 aromatic heterocycles. The second-order valence-electron chi connectivity index (χ2n) is 9.18. The van der Waals surface area contributed by atoms with Gasteiger partial charge in [-0.25, -0.2) is 8.78 Å². The monoisotopic (exact) mass is 438 g/mol. The molecule has 0 N–H and O–H groups in total. The summed E-state index contributed by atoms with van der Waals surface area (Å²) in [5, 5.41) is 7.32. The Kier molecular flexibility index (Phi) is 8.06. The second-order valence-corrected chi connectivity index (χ2v) is 9.18. The minimum Gasteiger partial charge on any atom is -0.296 e. The van der Waals surface area contributed by atoms with Crippen LogP contribution in [0.5, 0.6) is 0 Å². The molecule has 4 heteroatoms. The second kappa shape index (κ2) is 10.6. The van der Waals surface area contributed by atoms with Gasteiger partial charge in [-0.15, -0.1) is 0 Å². The Hall–Kier alpha value is -2.25. The highest BCUT2D eigenvalue weighted by molar-refractivity contribution is 5.44. The molecular formula is C28H36F2N2. The number of rotatable bonds is 10. The lowest BCUT2D eigenvalue weighted by Gasteiger charge is -2.30. The summed E-state index contributed by atoms with van der Waals surface area (Å²) in [5.41, 5.74) is 1.19. The number of alkyl halides is 2. The minimum absolute atomic E-state index is 0.486. The fourth-order valence-electron chi connectivity index (χ4n) is 4.56. The molecule has 1 unspecified atom stereocenters. The molecule has 0 aliphatic heterocycles. The summed E-state index contributed by atoms with van der Waals surface area (Å²) in [6.07, 6.45) is 5.20. The van der Waals surface area contributed by atoms with Gasteiger partial charge >= 0.3 is 0 Å². The van der Waals surface area contributed by atoms with Crippen LogP contribution < -0.4 is 0 Å². The van der Waals surface area contributed by atoms with Gasteiger partial charge in [-0.1, -0.05) is 62.4 Å². The predicted molar refractivity (Wildman–Crippen MR) is 127 cm³/mol. The quantitative estimate of drug-likeness (QED) is 0.387. The first-order chi connectivity index (χ1) is 15.4. The Labute approximate surface area is 192 Å². The lowest BCUT2D eigenvalue weighted by Crippen LogP contribution is -2.34. The molecule has 2 nitrogen and oxygen atoms in total. The number of nitrogens with zero attached hydrogens (tertiary/aromatic N) is 2. The van der Waals surface area contributed by atoms with Gasteiger partial charge in [0.15, 0.2) is 0 Å². The van der Waals surface area contributed by atoms with Crippen molar-refractivity contribution in [1.29, 1.82) is 5.26 Å². The minimum atomic E-state index is -1.28. The van der Waals surface area contributed by atoms with Crippen LogP contribution >= 0.6 is 0 Å². The molecule has 2 aromatic rings. The van der Waals surface area contributed by atoms with Crippen LogP contribution in [0.2, 0.25) is 0 Å². The Bertz CT molecular complexity index is 911. The van der Waals surface area contributed by atoms with Crippen LogP contribution in [0, 0.1) is 11.3 Å². The molecule has 0 bridgehead atoms. The maximum Gasteiger partial charge on any atom is 0.136 e. The number of halogens is 2. The standard InChI is InChI=1S/C26H33F2N.C2H3N/c1-3-22(29(4-2)19-21-8-6-5-7-9-21)12-10-20-11-13-23(25(27)14-15-25)24(18-20)26(28)16-17-26;1-2-3/h5-9,11,13,18,22H,3-4,10,12,14-17,19H2,1-2H3;1H3. The number of hydrogen-bond donors (Lipinski definition) is 0. The third kappa shape index (κ3) is 5.95. The van der Waals surface area contributed by atoms with Crippen molar-refractivity contribution in [3.8, 4) is 6.07 Å². The van der Waals surface area contributed by atoms with Crippen molar-refractivity contribution in [1.82, 2.24) is 4.90 Å². The highest BCUT2D eigenvalue weighted by atomic mass is 19.1. The molecule has 0 radical (unpaired) electrons. The van der Waals surface area contributed by atoms with E-state index >= 15 is 0 Å². The van der Waals surface area contributed by atoms with E-state index in [9.17, 15) is 8.78 Å². The van der Waals surface area contributed by atoms with Crippen molar-refractivity contribution < 1.29 is 8.78 Å². The molecule has 0 amide bonds. The van der Waals surface area contributed by atoms with E-state index < -0.39 is 11.3 Å². The normalized spacial score (nSPS) is 18.3. The summed E-state index contributed by atoms with van der Waals surface area (Å²) in [7, 11) is 0. The summed E-state index contributed by atoms with van der Waals surface area (Å²) in [6.45, 7) is 7.86. The van der Waals surface area contributed by atoms with Crippen molar-refractivity contribution >= 4 is 0 Å². The van der Waals surface area contributed by atoms with E-state index in [1.807, 2.05) is 18.2 Å². The van der Waals surface area contributed by atoms with E-state index in [4.69, 9.17) is 5.26 Å². The molecule has 1 atom stereocenters. The van der Waals surface area contributed by atoms with Gasteiger partial charge in [-0.3, -0.25) is 4.90 Å². The van der Waals surface area contributed by atoms with Gasteiger partial charge < -0.3 is 0 Å². The van der Waals surface area contributed by atoms with Gasteiger partial charge in [-0.05, 0) is 73.7 Å². The first kappa shape index (κ1) is 24.4. The maximum absolute atomic E-state index is 14.9. The van der Waals surface area contributed by atoms with Gasteiger partial charge in [0.2, 0.25) is 0 Å². The fraction of sp³-hybridized carbons (Fsp3) is 0.536. The third-order valence-corrected chi connectivity index (χ3v) is 6.82. The predicted octanol–water partition coefficient (Wildman–Crippen LogP) is 7.37. The topological polar surface area (TPSA) is 27.0 Å². The lowest BCUT2D eigenvalue weighted by atomic mass is 9.92. The summed E-state index contributed by atoms with van der Waals surface area (Å²) in [6, 6.07) is 18.7. The van der Waals surface area contributed by atoms with Gasteiger partial charge in [0, 0.05) is 19.5 Å². The van der Waals surface area contributed by atoms with E-state index in [1.165, 1.54) is 12.5 Å². The number of nitriles is 1. The van der Waals surface area contributed by atoms with Crippen molar-refractivity contribution in [3.63, 3.8) is 0 Å². The zero-order valence-electron chi connectivity index (χ0n) is 19.7. The molecule has 2 aliphatic rings. The molecule has 2 aromatic carbocycles. The largest absolute Gasteiger partial charge is 0.296 e. The SMILES string of the molecule is CC#N.CCC(CCc1ccc(C2(F)CC2)c(C2(F)CC2)c1)N(CC)Cc1ccccc1. The molecule has 2 aliphatic carbocycles. The van der Waals surface area contributed by atoms with E-state index in [-0.39, 0.29) is 0 Å². The van der Waals surface area contributed by atoms with Gasteiger partial charge in [-0.2, -0.15) is 5.26 Å². The van der Waals surface area contributed by atoms with Crippen LogP contribution in [0.1, 0.15) is 81.5 Å². The summed E-state index contributed by atoms with van der Waals surface area (Å²) < 4.78 is 29.7. The van der Waals surface area contributed by atoms with E-state index in [0.717, 1.165) is 37.9 Å². The molecule has 0 spiro atoms. The van der Waals surface area contributed by atoms with Gasteiger partial charge in [0.05, 0.1) is 6.07 Å². The number of benzene rings is 2. The van der Waals surface area contributed by atoms with Crippen LogP contribution in [-0.2, 0) is 24.3 Å². The van der Waals surface area contributed by atoms with Crippen LogP contribution in [0.3, 0.4) is 0 Å². The highest BCUT2D eigenvalue weighted by Crippen LogP contribution is 2.58. The average Bonchev–Trinajstić information content (AvgIpc) is 3.73. The number of aryl methyl sites for hydroxylation is 1. The van der Waals surface area contributed by atoms with Crippen LogP contribution in [0.25, 0.3) is 0 Å². The van der Waals surface area contributed by atoms with E-state index in [1.54, 1.807) is 6.07 Å². The maximum atomic E-state index is 14.9. The van der Waals surface area contributed by atoms with E-state index in [0.29, 0.717) is 42.9 Å². The molecule has 32 heavy (non-hydrogen) atoms. The highest BCUT2D eigenvalue weighted by Gasteiger charge is 2.53. The molecular weight excluding hydrogens is 402 g/mol. The Balaban J connectivity index is 0.000000913.